The molecule has 4 atom stereocenters. The Morgan fingerprint density at radius 2 is 1.58 bits per heavy atom. The minimum atomic E-state index is -2.00. The highest BCUT2D eigenvalue weighted by atomic mass is 16.6. The summed E-state index contributed by atoms with van der Waals surface area (Å²) in [6, 6.07) is 0. The van der Waals surface area contributed by atoms with E-state index in [0.29, 0.717) is 12.3 Å². The van der Waals surface area contributed by atoms with Crippen molar-refractivity contribution in [1.29, 1.82) is 0 Å². The van der Waals surface area contributed by atoms with Gasteiger partial charge in [0.05, 0.1) is 6.61 Å². The first-order valence-corrected chi connectivity index (χ1v) is 8.57. The Kier molecular flexibility index (Phi) is 10.7. The maximum absolute atomic E-state index is 11.9. The Morgan fingerprint density at radius 1 is 1.00 bits per heavy atom. The average molecular weight is 350 g/mol. The minimum absolute atomic E-state index is 0.613. The van der Waals surface area contributed by atoms with Gasteiger partial charge in [0.25, 0.3) is 0 Å². The molecule has 24 heavy (non-hydrogen) atoms. The Bertz CT molecular complexity index is 357. The number of hydrogen-bond acceptors (Lipinski definition) is 7. The molecule has 0 aromatic rings. The van der Waals surface area contributed by atoms with Crippen LogP contribution in [0.15, 0.2) is 0 Å². The summed E-state index contributed by atoms with van der Waals surface area (Å²) >= 11 is 0. The Morgan fingerprint density at radius 3 is 2.08 bits per heavy atom. The standard InChI is InChI=1S/C17H34O7/c1-11(2)8-6-5-7-9-17(3,4)24-16(23)15(22)14(21)13(20)12(19)10-18/h11-15,18-22H,5-10H2,1-4H3. The van der Waals surface area contributed by atoms with Crippen molar-refractivity contribution in [2.45, 2.75) is 89.8 Å². The van der Waals surface area contributed by atoms with Gasteiger partial charge in [-0.15, -0.1) is 0 Å². The molecule has 7 nitrogen and oxygen atoms in total. The summed E-state index contributed by atoms with van der Waals surface area (Å²) in [5.74, 6) is -0.410. The number of unbranched alkanes of at least 4 members (excludes halogenated alkanes) is 2. The van der Waals surface area contributed by atoms with E-state index in [9.17, 15) is 25.2 Å². The van der Waals surface area contributed by atoms with Gasteiger partial charge in [0.15, 0.2) is 6.10 Å². The lowest BCUT2D eigenvalue weighted by atomic mass is 9.97. The van der Waals surface area contributed by atoms with E-state index in [0.717, 1.165) is 25.7 Å². The van der Waals surface area contributed by atoms with E-state index in [1.54, 1.807) is 13.8 Å². The normalized spacial score (nSPS) is 17.4. The van der Waals surface area contributed by atoms with Gasteiger partial charge < -0.3 is 30.3 Å². The van der Waals surface area contributed by atoms with Gasteiger partial charge in [0.1, 0.15) is 23.9 Å². The molecular formula is C17H34O7. The molecule has 0 fully saturated rings. The summed E-state index contributed by atoms with van der Waals surface area (Å²) in [5, 5.41) is 46.9. The molecule has 4 unspecified atom stereocenters. The molecule has 0 bridgehead atoms. The van der Waals surface area contributed by atoms with E-state index in [-0.39, 0.29) is 0 Å². The predicted octanol–water partition coefficient (Wildman–Crippen LogP) is 0.351. The van der Waals surface area contributed by atoms with Crippen LogP contribution in [0.3, 0.4) is 0 Å². The number of hydrogen-bond donors (Lipinski definition) is 5. The third-order valence-corrected chi connectivity index (χ3v) is 3.93. The van der Waals surface area contributed by atoms with Crippen LogP contribution in [0.5, 0.6) is 0 Å². The van der Waals surface area contributed by atoms with Gasteiger partial charge in [-0.25, -0.2) is 4.79 Å². The first kappa shape index (κ1) is 23.3. The average Bonchev–Trinajstić information content (AvgIpc) is 2.50. The number of carbonyl (C=O) groups excluding carboxylic acids is 1. The molecule has 0 rings (SSSR count). The van der Waals surface area contributed by atoms with Crippen LogP contribution < -0.4 is 0 Å². The monoisotopic (exact) mass is 350 g/mol. The zero-order chi connectivity index (χ0) is 18.9. The summed E-state index contributed by atoms with van der Waals surface area (Å²) in [6.45, 7) is 6.96. The van der Waals surface area contributed by atoms with Crippen LogP contribution in [0, 0.1) is 5.92 Å². The van der Waals surface area contributed by atoms with Crippen molar-refractivity contribution >= 4 is 5.97 Å². The van der Waals surface area contributed by atoms with E-state index in [4.69, 9.17) is 9.84 Å². The number of aliphatic hydroxyl groups is 5. The molecule has 0 aromatic carbocycles. The van der Waals surface area contributed by atoms with Gasteiger partial charge in [0.2, 0.25) is 0 Å². The van der Waals surface area contributed by atoms with Crippen molar-refractivity contribution in [3.63, 3.8) is 0 Å². The molecule has 0 aromatic heterocycles. The van der Waals surface area contributed by atoms with Crippen molar-refractivity contribution in [3.8, 4) is 0 Å². The zero-order valence-electron chi connectivity index (χ0n) is 15.2. The van der Waals surface area contributed by atoms with Gasteiger partial charge in [-0.05, 0) is 32.6 Å². The highest BCUT2D eigenvalue weighted by Crippen LogP contribution is 2.21. The highest BCUT2D eigenvalue weighted by Gasteiger charge is 2.37. The van der Waals surface area contributed by atoms with E-state index < -0.39 is 42.6 Å². The van der Waals surface area contributed by atoms with Crippen LogP contribution in [-0.2, 0) is 9.53 Å². The summed E-state index contributed by atoms with van der Waals surface area (Å²) in [6.07, 6.45) is -2.69. The fourth-order valence-electron chi connectivity index (χ4n) is 2.33. The van der Waals surface area contributed by atoms with Crippen molar-refractivity contribution in [2.24, 2.45) is 5.92 Å². The van der Waals surface area contributed by atoms with Gasteiger partial charge in [0, 0.05) is 0 Å². The third-order valence-electron chi connectivity index (χ3n) is 3.93. The molecule has 0 aliphatic rings. The summed E-state index contributed by atoms with van der Waals surface area (Å²) < 4.78 is 5.21. The molecule has 0 aliphatic carbocycles. The number of carbonyl (C=O) groups is 1. The molecule has 0 saturated heterocycles. The van der Waals surface area contributed by atoms with Crippen LogP contribution in [0.2, 0.25) is 0 Å². The molecule has 0 spiro atoms. The number of rotatable bonds is 12. The van der Waals surface area contributed by atoms with Crippen molar-refractivity contribution in [1.82, 2.24) is 0 Å². The first-order valence-electron chi connectivity index (χ1n) is 8.57. The van der Waals surface area contributed by atoms with Crippen LogP contribution in [0.25, 0.3) is 0 Å². The van der Waals surface area contributed by atoms with E-state index in [1.807, 2.05) is 0 Å². The van der Waals surface area contributed by atoms with Gasteiger partial charge in [-0.1, -0.05) is 33.1 Å². The number of aliphatic hydroxyl groups excluding tert-OH is 5. The van der Waals surface area contributed by atoms with Crippen molar-refractivity contribution in [2.75, 3.05) is 6.61 Å². The Balaban J connectivity index is 4.35. The van der Waals surface area contributed by atoms with Gasteiger partial charge in [-0.3, -0.25) is 0 Å². The number of ether oxygens (including phenoxy) is 1. The van der Waals surface area contributed by atoms with Crippen LogP contribution >= 0.6 is 0 Å². The van der Waals surface area contributed by atoms with Gasteiger partial charge in [-0.2, -0.15) is 0 Å². The van der Waals surface area contributed by atoms with E-state index in [1.165, 1.54) is 0 Å². The van der Waals surface area contributed by atoms with Gasteiger partial charge >= 0.3 is 5.97 Å². The molecule has 0 aliphatic heterocycles. The summed E-state index contributed by atoms with van der Waals surface area (Å²) in [5.41, 5.74) is -0.809. The lowest BCUT2D eigenvalue weighted by molar-refractivity contribution is -0.182. The first-order chi connectivity index (χ1) is 11.0. The maximum atomic E-state index is 11.9. The molecule has 0 radical (unpaired) electrons. The molecule has 0 saturated carbocycles. The third kappa shape index (κ3) is 8.94. The maximum Gasteiger partial charge on any atom is 0.338 e. The lowest BCUT2D eigenvalue weighted by Crippen LogP contribution is -2.50. The summed E-state index contributed by atoms with van der Waals surface area (Å²) in [7, 11) is 0. The number of esters is 1. The molecule has 5 N–H and O–H groups in total. The lowest BCUT2D eigenvalue weighted by Gasteiger charge is -2.29. The SMILES string of the molecule is CC(C)CCCCCC(C)(C)OC(=O)C(O)C(O)C(O)C(O)CO. The van der Waals surface area contributed by atoms with Crippen molar-refractivity contribution in [3.05, 3.63) is 0 Å². The van der Waals surface area contributed by atoms with E-state index >= 15 is 0 Å². The molecule has 144 valence electrons. The van der Waals surface area contributed by atoms with E-state index in [2.05, 4.69) is 13.8 Å². The Hall–Kier alpha value is -0.730. The van der Waals surface area contributed by atoms with Crippen LogP contribution in [0.4, 0.5) is 0 Å². The molecule has 7 heteroatoms. The molecule has 0 amide bonds. The minimum Gasteiger partial charge on any atom is -0.458 e. The molecular weight excluding hydrogens is 316 g/mol. The second kappa shape index (κ2) is 11.0. The highest BCUT2D eigenvalue weighted by molar-refractivity contribution is 5.75. The zero-order valence-corrected chi connectivity index (χ0v) is 15.2. The second-order valence-corrected chi connectivity index (χ2v) is 7.35. The fourth-order valence-corrected chi connectivity index (χ4v) is 2.33. The van der Waals surface area contributed by atoms with Crippen LogP contribution in [0.1, 0.15) is 59.8 Å². The van der Waals surface area contributed by atoms with Crippen molar-refractivity contribution < 1.29 is 35.1 Å². The quantitative estimate of drug-likeness (QED) is 0.254. The summed E-state index contributed by atoms with van der Waals surface area (Å²) in [4.78, 5) is 11.9. The van der Waals surface area contributed by atoms with Crippen LogP contribution in [-0.4, -0.2) is 68.1 Å². The molecule has 0 heterocycles. The predicted molar refractivity (Wildman–Crippen MR) is 89.2 cm³/mol. The smallest absolute Gasteiger partial charge is 0.338 e. The second-order valence-electron chi connectivity index (χ2n) is 7.35. The Labute approximate surface area is 144 Å². The topological polar surface area (TPSA) is 127 Å². The fraction of sp³-hybridized carbons (Fsp3) is 0.941. The largest absolute Gasteiger partial charge is 0.458 e.